The predicted octanol–water partition coefficient (Wildman–Crippen LogP) is 3.65. The number of nitrogens with two attached hydrogens (primary N) is 1. The molecule has 5 rings (SSSR count). The van der Waals surface area contributed by atoms with Gasteiger partial charge in [0.15, 0.2) is 0 Å². The van der Waals surface area contributed by atoms with E-state index in [1.807, 2.05) is 36.6 Å². The topological polar surface area (TPSA) is 119 Å². The quantitative estimate of drug-likeness (QED) is 0.395. The van der Waals surface area contributed by atoms with Crippen LogP contribution in [0.2, 0.25) is 0 Å². The molecule has 0 spiro atoms. The molecule has 0 bridgehead atoms. The molecule has 3 aromatic heterocycles. The summed E-state index contributed by atoms with van der Waals surface area (Å²) in [6.07, 6.45) is 2.75. The number of aromatic nitrogens is 4. The van der Waals surface area contributed by atoms with Crippen molar-refractivity contribution in [1.82, 2.24) is 24.4 Å². The fraction of sp³-hybridized carbons (Fsp3) is 0.292. The van der Waals surface area contributed by atoms with Gasteiger partial charge in [0.25, 0.3) is 0 Å². The number of aryl methyl sites for hydroxylation is 1. The number of halogens is 1. The van der Waals surface area contributed by atoms with E-state index >= 15 is 0 Å². The minimum atomic E-state index is -0.571. The van der Waals surface area contributed by atoms with Gasteiger partial charge >= 0.3 is 0 Å². The van der Waals surface area contributed by atoms with Gasteiger partial charge in [-0.2, -0.15) is 0 Å². The lowest BCUT2D eigenvalue weighted by Gasteiger charge is -2.28. The number of nitrogens with one attached hydrogen (secondary N) is 1. The van der Waals surface area contributed by atoms with Crippen LogP contribution in [0.15, 0.2) is 47.3 Å². The molecule has 1 aliphatic heterocycles. The summed E-state index contributed by atoms with van der Waals surface area (Å²) in [7, 11) is 0. The molecule has 34 heavy (non-hydrogen) atoms. The predicted molar refractivity (Wildman–Crippen MR) is 134 cm³/mol. The third kappa shape index (κ3) is 3.87. The SMILES string of the molecule is Cc1ccc2c(c1)c1c(N)ncnc1n2CC(=O)N1[C@H](C)CC[C@H]1C(=O)Nc1cccc(Br)n1. The molecule has 2 atom stereocenters. The second-order valence-corrected chi connectivity index (χ2v) is 9.45. The van der Waals surface area contributed by atoms with Gasteiger partial charge in [-0.15, -0.1) is 0 Å². The molecule has 0 saturated carbocycles. The van der Waals surface area contributed by atoms with Crippen LogP contribution in [0.3, 0.4) is 0 Å². The summed E-state index contributed by atoms with van der Waals surface area (Å²) in [5.74, 6) is 0.424. The Bertz CT molecular complexity index is 1430. The summed E-state index contributed by atoms with van der Waals surface area (Å²) in [6, 6.07) is 10.7. The smallest absolute Gasteiger partial charge is 0.248 e. The number of nitrogen functional groups attached to an aromatic ring is 1. The van der Waals surface area contributed by atoms with Crippen LogP contribution >= 0.6 is 15.9 Å². The zero-order valence-corrected chi connectivity index (χ0v) is 20.4. The Morgan fingerprint density at radius 1 is 1.21 bits per heavy atom. The van der Waals surface area contributed by atoms with Gasteiger partial charge < -0.3 is 20.5 Å². The van der Waals surface area contributed by atoms with E-state index in [1.54, 1.807) is 23.1 Å². The fourth-order valence-electron chi connectivity index (χ4n) is 4.78. The molecule has 1 aliphatic rings. The van der Waals surface area contributed by atoms with Gasteiger partial charge in [0.1, 0.15) is 40.8 Å². The number of hydrogen-bond acceptors (Lipinski definition) is 6. The van der Waals surface area contributed by atoms with E-state index < -0.39 is 6.04 Å². The number of benzene rings is 1. The molecule has 0 radical (unpaired) electrons. The third-order valence-corrected chi connectivity index (χ3v) is 6.79. The number of carbonyl (C=O) groups excluding carboxylic acids is 2. The van der Waals surface area contributed by atoms with Crippen molar-refractivity contribution in [3.8, 4) is 0 Å². The number of anilines is 2. The van der Waals surface area contributed by atoms with Crippen LogP contribution in [-0.2, 0) is 16.1 Å². The lowest BCUT2D eigenvalue weighted by atomic mass is 10.1. The molecule has 4 heterocycles. The molecule has 3 N–H and O–H groups in total. The summed E-state index contributed by atoms with van der Waals surface area (Å²) >= 11 is 3.31. The van der Waals surface area contributed by atoms with Gasteiger partial charge in [-0.05, 0) is 66.9 Å². The van der Waals surface area contributed by atoms with Crippen molar-refractivity contribution >= 4 is 61.3 Å². The number of amides is 2. The monoisotopic (exact) mass is 521 g/mol. The van der Waals surface area contributed by atoms with Crippen LogP contribution in [0.1, 0.15) is 25.3 Å². The van der Waals surface area contributed by atoms with Crippen molar-refractivity contribution in [2.24, 2.45) is 0 Å². The van der Waals surface area contributed by atoms with E-state index in [2.05, 4.69) is 36.2 Å². The first-order valence-electron chi connectivity index (χ1n) is 11.1. The minimum absolute atomic E-state index is 0.0444. The van der Waals surface area contributed by atoms with Gasteiger partial charge in [0.05, 0.1) is 10.9 Å². The summed E-state index contributed by atoms with van der Waals surface area (Å²) < 4.78 is 2.49. The van der Waals surface area contributed by atoms with Crippen molar-refractivity contribution in [2.75, 3.05) is 11.1 Å². The van der Waals surface area contributed by atoms with Gasteiger partial charge in [0.2, 0.25) is 11.8 Å². The van der Waals surface area contributed by atoms with Crippen LogP contribution in [-0.4, -0.2) is 48.3 Å². The van der Waals surface area contributed by atoms with E-state index in [0.29, 0.717) is 28.3 Å². The molecule has 0 aliphatic carbocycles. The largest absolute Gasteiger partial charge is 0.383 e. The molecule has 174 valence electrons. The Kier molecular flexibility index (Phi) is 5.68. The van der Waals surface area contributed by atoms with E-state index in [9.17, 15) is 9.59 Å². The number of rotatable bonds is 4. The highest BCUT2D eigenvalue weighted by atomic mass is 79.9. The van der Waals surface area contributed by atoms with E-state index in [4.69, 9.17) is 5.73 Å². The normalized spacial score (nSPS) is 18.0. The van der Waals surface area contributed by atoms with Crippen LogP contribution in [0.5, 0.6) is 0 Å². The van der Waals surface area contributed by atoms with E-state index in [-0.39, 0.29) is 24.4 Å². The molecular weight excluding hydrogens is 498 g/mol. The van der Waals surface area contributed by atoms with Crippen LogP contribution in [0, 0.1) is 6.92 Å². The second-order valence-electron chi connectivity index (χ2n) is 8.64. The lowest BCUT2D eigenvalue weighted by Crippen LogP contribution is -2.47. The Morgan fingerprint density at radius 2 is 2.03 bits per heavy atom. The van der Waals surface area contributed by atoms with Crippen LogP contribution < -0.4 is 11.1 Å². The molecule has 0 unspecified atom stereocenters. The van der Waals surface area contributed by atoms with Gasteiger partial charge in [-0.25, -0.2) is 15.0 Å². The first kappa shape index (κ1) is 22.3. The van der Waals surface area contributed by atoms with Crippen molar-refractivity contribution < 1.29 is 9.59 Å². The zero-order chi connectivity index (χ0) is 24.0. The number of pyridine rings is 1. The molecule has 1 saturated heterocycles. The average Bonchev–Trinajstić information content (AvgIpc) is 3.32. The lowest BCUT2D eigenvalue weighted by molar-refractivity contribution is -0.138. The third-order valence-electron chi connectivity index (χ3n) is 6.34. The second kappa shape index (κ2) is 8.68. The maximum atomic E-state index is 13.6. The molecule has 9 nitrogen and oxygen atoms in total. The first-order valence-corrected chi connectivity index (χ1v) is 11.9. The van der Waals surface area contributed by atoms with Crippen molar-refractivity contribution in [3.63, 3.8) is 0 Å². The van der Waals surface area contributed by atoms with Crippen LogP contribution in [0.4, 0.5) is 11.6 Å². The number of likely N-dealkylation sites (tertiary alicyclic amines) is 1. The van der Waals surface area contributed by atoms with Crippen molar-refractivity contribution in [3.05, 3.63) is 52.9 Å². The van der Waals surface area contributed by atoms with E-state index in [1.165, 1.54) is 6.33 Å². The summed E-state index contributed by atoms with van der Waals surface area (Å²) in [5.41, 5.74) is 8.72. The Morgan fingerprint density at radius 3 is 2.82 bits per heavy atom. The highest BCUT2D eigenvalue weighted by Gasteiger charge is 2.39. The summed E-state index contributed by atoms with van der Waals surface area (Å²) in [6.45, 7) is 4.02. The maximum absolute atomic E-state index is 13.6. The number of nitrogens with zero attached hydrogens (tertiary/aromatic N) is 5. The number of fused-ring (bicyclic) bond motifs is 3. The fourth-order valence-corrected chi connectivity index (χ4v) is 5.12. The first-order chi connectivity index (χ1) is 16.3. The standard InChI is InChI=1S/C24H24BrN7O2/c1-13-6-8-16-15(10-13)21-22(26)27-12-28-23(21)31(16)11-20(33)32-14(2)7-9-17(32)24(34)30-19-5-3-4-18(25)29-19/h3-6,8,10,12,14,17H,7,9,11H2,1-2H3,(H2,26,27,28)(H,29,30,34)/t14-,17+/m1/s1. The van der Waals surface area contributed by atoms with Crippen LogP contribution in [0.25, 0.3) is 21.9 Å². The minimum Gasteiger partial charge on any atom is -0.383 e. The number of hydrogen-bond donors (Lipinski definition) is 2. The van der Waals surface area contributed by atoms with Crippen molar-refractivity contribution in [1.29, 1.82) is 0 Å². The van der Waals surface area contributed by atoms with Crippen molar-refractivity contribution in [2.45, 2.75) is 45.3 Å². The maximum Gasteiger partial charge on any atom is 0.248 e. The Labute approximate surface area is 204 Å². The number of carbonyl (C=O) groups is 2. The molecular formula is C24H24BrN7O2. The van der Waals surface area contributed by atoms with Gasteiger partial charge in [-0.3, -0.25) is 9.59 Å². The Balaban J connectivity index is 1.47. The molecule has 2 amide bonds. The van der Waals surface area contributed by atoms with E-state index in [0.717, 1.165) is 28.3 Å². The van der Waals surface area contributed by atoms with Gasteiger partial charge in [0, 0.05) is 11.4 Å². The molecule has 1 aromatic carbocycles. The summed E-state index contributed by atoms with van der Waals surface area (Å²) in [5, 5.41) is 4.49. The Hall–Kier alpha value is -3.53. The highest BCUT2D eigenvalue weighted by Crippen LogP contribution is 2.32. The van der Waals surface area contributed by atoms with Gasteiger partial charge in [-0.1, -0.05) is 17.7 Å². The molecule has 10 heteroatoms. The molecule has 4 aromatic rings. The highest BCUT2D eigenvalue weighted by molar-refractivity contribution is 9.10. The summed E-state index contributed by atoms with van der Waals surface area (Å²) in [4.78, 5) is 41.2. The average molecular weight is 522 g/mol. The molecule has 1 fully saturated rings. The zero-order valence-electron chi connectivity index (χ0n) is 18.8.